The fourth-order valence-electron chi connectivity index (χ4n) is 0. The number of hydrogen-bond acceptors (Lipinski definition) is 6. The molecule has 0 aromatic carbocycles. The zero-order valence-electron chi connectivity index (χ0n) is 8.29. The predicted octanol–water partition coefficient (Wildman–Crippen LogP) is -12.3. The summed E-state index contributed by atoms with van der Waals surface area (Å²) in [5, 5.41) is 45.9. The van der Waals surface area contributed by atoms with Gasteiger partial charge in [-0.25, -0.2) is 4.79 Å². The number of rotatable bonds is 0. The molecular weight excluding hydrogens is 265 g/mol. The summed E-state index contributed by atoms with van der Waals surface area (Å²) in [5.74, 6) is 0. The molecule has 72 valence electrons. The van der Waals surface area contributed by atoms with Gasteiger partial charge < -0.3 is 40.2 Å². The summed E-state index contributed by atoms with van der Waals surface area (Å²) >= 11 is 0. The van der Waals surface area contributed by atoms with Crippen molar-refractivity contribution in [3.8, 4) is 0 Å². The molecule has 0 aliphatic heterocycles. The van der Waals surface area contributed by atoms with E-state index in [1.165, 1.54) is 0 Å². The first-order valence-corrected chi connectivity index (χ1v) is 1.90. The second kappa shape index (κ2) is 29.5. The molecule has 0 saturated carbocycles. The Morgan fingerprint density at radius 3 is 0.800 bits per heavy atom. The second-order valence-electron chi connectivity index (χ2n) is 0.798. The van der Waals surface area contributed by atoms with Crippen LogP contribution in [0.3, 0.4) is 0 Å². The molecular formula is C3H3KNa2O9. The number of carboxylic acid groups (broad SMARTS) is 6. The van der Waals surface area contributed by atoms with Crippen LogP contribution in [0.2, 0.25) is 0 Å². The van der Waals surface area contributed by atoms with Gasteiger partial charge in [-0.3, -0.25) is 0 Å². The van der Waals surface area contributed by atoms with E-state index in [9.17, 15) is 0 Å². The molecule has 0 fully saturated rings. The van der Waals surface area contributed by atoms with E-state index in [1.807, 2.05) is 0 Å². The SMILES string of the molecule is O=C(O)O.O=C([O-])O.O=C([O-])[O-].[K+].[Na+].[Na+]. The van der Waals surface area contributed by atoms with Crippen molar-refractivity contribution in [2.24, 2.45) is 0 Å². The topological polar surface area (TPSA) is 181 Å². The molecule has 12 heteroatoms. The van der Waals surface area contributed by atoms with Crippen LogP contribution in [0.15, 0.2) is 0 Å². The van der Waals surface area contributed by atoms with Crippen LogP contribution in [-0.4, -0.2) is 33.8 Å². The predicted molar refractivity (Wildman–Crippen MR) is 24.1 cm³/mol. The van der Waals surface area contributed by atoms with Gasteiger partial charge in [-0.2, -0.15) is 0 Å². The van der Waals surface area contributed by atoms with Crippen molar-refractivity contribution >= 4 is 18.5 Å². The molecule has 0 bridgehead atoms. The van der Waals surface area contributed by atoms with Crippen molar-refractivity contribution in [1.29, 1.82) is 0 Å². The van der Waals surface area contributed by atoms with Crippen molar-refractivity contribution in [2.75, 3.05) is 0 Å². The van der Waals surface area contributed by atoms with Gasteiger partial charge in [0.05, 0.1) is 0 Å². The molecule has 0 saturated heterocycles. The Kier molecular flexibility index (Phi) is 70.8. The molecule has 0 unspecified atom stereocenters. The minimum atomic E-state index is -2.33. The molecule has 3 N–H and O–H groups in total. The molecule has 0 heterocycles. The molecule has 9 nitrogen and oxygen atoms in total. The van der Waals surface area contributed by atoms with Gasteiger partial charge in [0.1, 0.15) is 0 Å². The molecule has 0 aliphatic rings. The van der Waals surface area contributed by atoms with Crippen LogP contribution >= 0.6 is 0 Å². The fourth-order valence-corrected chi connectivity index (χ4v) is 0. The van der Waals surface area contributed by atoms with Crippen molar-refractivity contribution in [2.45, 2.75) is 0 Å². The van der Waals surface area contributed by atoms with E-state index < -0.39 is 18.5 Å². The maximum absolute atomic E-state index is 8.56. The van der Waals surface area contributed by atoms with E-state index in [0.29, 0.717) is 0 Å². The third-order valence-electron chi connectivity index (χ3n) is 0. The van der Waals surface area contributed by atoms with Crippen molar-refractivity contribution < 1.29 is 156 Å². The van der Waals surface area contributed by atoms with E-state index >= 15 is 0 Å². The van der Waals surface area contributed by atoms with Gasteiger partial charge in [-0.05, 0) is 6.16 Å². The Morgan fingerprint density at radius 1 is 0.800 bits per heavy atom. The molecule has 0 rings (SSSR count). The van der Waals surface area contributed by atoms with Crippen LogP contribution < -0.4 is 126 Å². The largest absolute Gasteiger partial charge is 1.00 e. The van der Waals surface area contributed by atoms with Gasteiger partial charge in [0.25, 0.3) is 0 Å². The van der Waals surface area contributed by atoms with Gasteiger partial charge in [0.2, 0.25) is 6.16 Å². The summed E-state index contributed by atoms with van der Waals surface area (Å²) in [7, 11) is 0. The third kappa shape index (κ3) is 1330. The molecule has 0 radical (unpaired) electrons. The monoisotopic (exact) mass is 268 g/mol. The average molecular weight is 268 g/mol. The van der Waals surface area contributed by atoms with Crippen LogP contribution in [0, 0.1) is 0 Å². The van der Waals surface area contributed by atoms with Gasteiger partial charge in [-0.15, -0.1) is 0 Å². The summed E-state index contributed by atoms with van der Waals surface area (Å²) in [6.07, 6.45) is -6.25. The normalized spacial score (nSPS) is 4.80. The Hall–Kier alpha value is 1.45. The second-order valence-corrected chi connectivity index (χ2v) is 0.798. The summed E-state index contributed by atoms with van der Waals surface area (Å²) in [4.78, 5) is 25.3. The van der Waals surface area contributed by atoms with Crippen LogP contribution in [0.5, 0.6) is 0 Å². The Bertz CT molecular complexity index is 121. The minimum absolute atomic E-state index is 0. The molecule has 0 amide bonds. The van der Waals surface area contributed by atoms with Crippen molar-refractivity contribution in [3.05, 3.63) is 0 Å². The third-order valence-corrected chi connectivity index (χ3v) is 0. The van der Waals surface area contributed by atoms with Gasteiger partial charge in [0.15, 0.2) is 0 Å². The minimum Gasteiger partial charge on any atom is -0.652 e. The van der Waals surface area contributed by atoms with E-state index in [-0.39, 0.29) is 110 Å². The molecule has 0 atom stereocenters. The van der Waals surface area contributed by atoms with E-state index in [1.54, 1.807) is 0 Å². The van der Waals surface area contributed by atoms with Gasteiger partial charge >= 0.3 is 117 Å². The summed E-state index contributed by atoms with van der Waals surface area (Å²) in [6, 6.07) is 0. The van der Waals surface area contributed by atoms with Gasteiger partial charge in [-0.1, -0.05) is 0 Å². The Labute approximate surface area is 170 Å². The smallest absolute Gasteiger partial charge is 0.652 e. The van der Waals surface area contributed by atoms with Crippen molar-refractivity contribution in [3.63, 3.8) is 0 Å². The zero-order chi connectivity index (χ0) is 10.7. The van der Waals surface area contributed by atoms with Crippen LogP contribution in [-0.2, 0) is 0 Å². The fraction of sp³-hybridized carbons (Fsp3) is 0. The molecule has 0 aromatic rings. The first-order chi connectivity index (χ1) is 5.20. The van der Waals surface area contributed by atoms with E-state index in [0.717, 1.165) is 0 Å². The summed E-state index contributed by atoms with van der Waals surface area (Å²) in [5.41, 5.74) is 0. The van der Waals surface area contributed by atoms with Crippen molar-refractivity contribution in [1.82, 2.24) is 0 Å². The first kappa shape index (κ1) is 36.0. The van der Waals surface area contributed by atoms with E-state index in [2.05, 4.69) is 0 Å². The molecule has 0 aliphatic carbocycles. The molecule has 0 spiro atoms. The zero-order valence-corrected chi connectivity index (χ0v) is 15.4. The number of hydrogen-bond donors (Lipinski definition) is 3. The van der Waals surface area contributed by atoms with E-state index in [4.69, 9.17) is 45.0 Å². The average Bonchev–Trinajstić information content (AvgIpc) is 1.54. The maximum Gasteiger partial charge on any atom is 1.00 e. The summed E-state index contributed by atoms with van der Waals surface area (Å²) in [6.45, 7) is 0. The molecule has 15 heavy (non-hydrogen) atoms. The van der Waals surface area contributed by atoms with Gasteiger partial charge in [0, 0.05) is 0 Å². The van der Waals surface area contributed by atoms with Crippen LogP contribution in [0.25, 0.3) is 0 Å². The van der Waals surface area contributed by atoms with Crippen LogP contribution in [0.4, 0.5) is 14.4 Å². The number of carbonyl (C=O) groups is 3. The Balaban J connectivity index is -0.0000000184. The molecule has 0 aromatic heterocycles. The Morgan fingerprint density at radius 2 is 0.800 bits per heavy atom. The number of carbonyl (C=O) groups excluding carboxylic acids is 1. The van der Waals surface area contributed by atoms with Crippen LogP contribution in [0.1, 0.15) is 0 Å². The standard InChI is InChI=1S/3CH2O3.K.2Na/c3*2-1(3)4;;;/h3*(H2,2,3,4);;;/q;;;3*+1/p-3. The maximum atomic E-state index is 8.56. The first-order valence-electron chi connectivity index (χ1n) is 1.90. The summed E-state index contributed by atoms with van der Waals surface area (Å²) < 4.78 is 0. The quantitative estimate of drug-likeness (QED) is 0.359.